The smallest absolute Gasteiger partial charge is 0.181 e. The van der Waals surface area contributed by atoms with Crippen LogP contribution in [0.25, 0.3) is 10.2 Å². The first-order valence-corrected chi connectivity index (χ1v) is 8.41. The lowest BCUT2D eigenvalue weighted by Gasteiger charge is -2.21. The van der Waals surface area contributed by atoms with Gasteiger partial charge in [-0.15, -0.1) is 11.3 Å². The minimum Gasteiger partial charge on any atom is -0.316 e. The first kappa shape index (κ1) is 12.3. The number of rotatable bonds is 3. The van der Waals surface area contributed by atoms with Crippen molar-refractivity contribution >= 4 is 32.4 Å². The van der Waals surface area contributed by atoms with Gasteiger partial charge in [0.05, 0.1) is 21.0 Å². The minimum absolute atomic E-state index is 0.534. The van der Waals surface area contributed by atoms with Gasteiger partial charge in [0.25, 0.3) is 0 Å². The van der Waals surface area contributed by atoms with Gasteiger partial charge >= 0.3 is 0 Å². The molecule has 2 aromatic rings. The first-order chi connectivity index (χ1) is 8.83. The summed E-state index contributed by atoms with van der Waals surface area (Å²) in [6.45, 7) is 2.10. The highest BCUT2D eigenvalue weighted by Crippen LogP contribution is 2.25. The number of hydrogen-bond acceptors (Lipinski definition) is 4. The Morgan fingerprint density at radius 2 is 2.33 bits per heavy atom. The van der Waals surface area contributed by atoms with Gasteiger partial charge in [-0.05, 0) is 44.0 Å². The van der Waals surface area contributed by atoms with Gasteiger partial charge in [-0.1, -0.05) is 12.1 Å². The molecular formula is C13H16N2OS2. The third-order valence-electron chi connectivity index (χ3n) is 3.26. The normalized spacial score (nSPS) is 22.1. The molecule has 1 aromatic carbocycles. The fourth-order valence-corrected chi connectivity index (χ4v) is 4.90. The first-order valence-electron chi connectivity index (χ1n) is 6.27. The average molecular weight is 280 g/mol. The van der Waals surface area contributed by atoms with E-state index in [1.807, 2.05) is 24.3 Å². The Kier molecular flexibility index (Phi) is 3.72. The van der Waals surface area contributed by atoms with Gasteiger partial charge in [-0.3, -0.25) is 4.21 Å². The minimum atomic E-state index is -0.946. The Balaban J connectivity index is 1.74. The van der Waals surface area contributed by atoms with E-state index in [-0.39, 0.29) is 0 Å². The molecule has 18 heavy (non-hydrogen) atoms. The van der Waals surface area contributed by atoms with Crippen molar-refractivity contribution < 1.29 is 4.21 Å². The summed E-state index contributed by atoms with van der Waals surface area (Å²) in [7, 11) is -0.946. The van der Waals surface area contributed by atoms with Crippen LogP contribution in [0.5, 0.6) is 0 Å². The van der Waals surface area contributed by atoms with Gasteiger partial charge < -0.3 is 5.32 Å². The fraction of sp³-hybridized carbons (Fsp3) is 0.462. The third kappa shape index (κ3) is 2.63. The number of nitrogens with one attached hydrogen (secondary N) is 1. The second-order valence-electron chi connectivity index (χ2n) is 4.67. The van der Waals surface area contributed by atoms with Gasteiger partial charge in [0.1, 0.15) is 0 Å². The Morgan fingerprint density at radius 1 is 1.44 bits per heavy atom. The number of aromatic nitrogens is 1. The van der Waals surface area contributed by atoms with Crippen molar-refractivity contribution in [1.29, 1.82) is 0 Å². The molecule has 1 aliphatic heterocycles. The maximum Gasteiger partial charge on any atom is 0.181 e. The van der Waals surface area contributed by atoms with Crippen molar-refractivity contribution in [3.8, 4) is 0 Å². The molecule has 1 aromatic heterocycles. The summed E-state index contributed by atoms with van der Waals surface area (Å²) in [5.41, 5.74) is 0.965. The van der Waals surface area contributed by atoms with Crippen LogP contribution in [0.3, 0.4) is 0 Å². The molecular weight excluding hydrogens is 264 g/mol. The van der Waals surface area contributed by atoms with Crippen LogP contribution in [-0.2, 0) is 10.8 Å². The topological polar surface area (TPSA) is 42.0 Å². The molecule has 3 rings (SSSR count). The van der Waals surface area contributed by atoms with Gasteiger partial charge in [0, 0.05) is 5.75 Å². The van der Waals surface area contributed by atoms with Gasteiger partial charge in [0.15, 0.2) is 4.34 Å². The summed E-state index contributed by atoms with van der Waals surface area (Å²) in [4.78, 5) is 4.48. The Labute approximate surface area is 113 Å². The lowest BCUT2D eigenvalue weighted by atomic mass is 10.0. The fourth-order valence-electron chi connectivity index (χ4n) is 2.30. The molecule has 0 bridgehead atoms. The molecule has 3 nitrogen and oxygen atoms in total. The van der Waals surface area contributed by atoms with Crippen LogP contribution in [0.2, 0.25) is 0 Å². The summed E-state index contributed by atoms with van der Waals surface area (Å²) < 4.78 is 14.2. The molecule has 0 spiro atoms. The summed E-state index contributed by atoms with van der Waals surface area (Å²) >= 11 is 1.56. The zero-order chi connectivity index (χ0) is 12.4. The second kappa shape index (κ2) is 5.47. The number of thiazole rings is 1. The molecule has 0 amide bonds. The van der Waals surface area contributed by atoms with Crippen molar-refractivity contribution in [2.45, 2.75) is 17.2 Å². The summed E-state index contributed by atoms with van der Waals surface area (Å²) in [6, 6.07) is 7.99. The molecule has 1 N–H and O–H groups in total. The highest BCUT2D eigenvalue weighted by Gasteiger charge is 2.19. The Bertz CT molecular complexity index is 528. The Hall–Kier alpha value is -0.780. The molecule has 0 aliphatic carbocycles. The quantitative estimate of drug-likeness (QED) is 0.939. The van der Waals surface area contributed by atoms with Crippen LogP contribution in [0.4, 0.5) is 0 Å². The van der Waals surface area contributed by atoms with E-state index in [4.69, 9.17) is 0 Å². The zero-order valence-corrected chi connectivity index (χ0v) is 11.7. The van der Waals surface area contributed by atoms with E-state index in [1.165, 1.54) is 12.8 Å². The molecule has 96 valence electrons. The maximum atomic E-state index is 12.3. The van der Waals surface area contributed by atoms with E-state index in [2.05, 4.69) is 10.3 Å². The van der Waals surface area contributed by atoms with E-state index in [9.17, 15) is 4.21 Å². The molecule has 2 atom stereocenters. The van der Waals surface area contributed by atoms with Gasteiger partial charge in [0.2, 0.25) is 0 Å². The van der Waals surface area contributed by atoms with Crippen molar-refractivity contribution in [3.63, 3.8) is 0 Å². The van der Waals surface area contributed by atoms with Crippen LogP contribution in [-0.4, -0.2) is 28.0 Å². The lowest BCUT2D eigenvalue weighted by molar-refractivity contribution is 0.408. The van der Waals surface area contributed by atoms with Crippen molar-refractivity contribution in [2.75, 3.05) is 18.8 Å². The van der Waals surface area contributed by atoms with Gasteiger partial charge in [-0.25, -0.2) is 4.98 Å². The van der Waals surface area contributed by atoms with E-state index >= 15 is 0 Å². The molecule has 1 fully saturated rings. The van der Waals surface area contributed by atoms with E-state index in [0.29, 0.717) is 5.92 Å². The molecule has 1 aliphatic rings. The van der Waals surface area contributed by atoms with Crippen LogP contribution in [0.1, 0.15) is 12.8 Å². The summed E-state index contributed by atoms with van der Waals surface area (Å²) in [6.07, 6.45) is 2.38. The number of nitrogens with zero attached hydrogens (tertiary/aromatic N) is 1. The van der Waals surface area contributed by atoms with E-state index in [0.717, 1.165) is 33.4 Å². The summed E-state index contributed by atoms with van der Waals surface area (Å²) in [5, 5.41) is 3.37. The molecule has 5 heteroatoms. The van der Waals surface area contributed by atoms with Gasteiger partial charge in [-0.2, -0.15) is 0 Å². The highest BCUT2D eigenvalue weighted by molar-refractivity contribution is 7.87. The van der Waals surface area contributed by atoms with Crippen LogP contribution >= 0.6 is 11.3 Å². The predicted octanol–water partition coefficient (Wildman–Crippen LogP) is 2.40. The number of para-hydroxylation sites is 1. The maximum absolute atomic E-state index is 12.3. The number of piperidine rings is 1. The average Bonchev–Trinajstić information content (AvgIpc) is 2.84. The van der Waals surface area contributed by atoms with Crippen LogP contribution in [0.15, 0.2) is 28.6 Å². The standard InChI is InChI=1S/C13H16N2OS2/c16-18(9-10-4-3-7-14-8-10)13-15-11-5-1-2-6-12(11)17-13/h1-2,5-6,10,14H,3-4,7-9H2/t10-,18-/m0/s1. The zero-order valence-electron chi connectivity index (χ0n) is 10.1. The summed E-state index contributed by atoms with van der Waals surface area (Å²) in [5.74, 6) is 1.28. The largest absolute Gasteiger partial charge is 0.316 e. The molecule has 1 saturated heterocycles. The van der Waals surface area contributed by atoms with Crippen LogP contribution < -0.4 is 5.32 Å². The van der Waals surface area contributed by atoms with Crippen LogP contribution in [0, 0.1) is 5.92 Å². The predicted molar refractivity (Wildman–Crippen MR) is 76.5 cm³/mol. The number of benzene rings is 1. The second-order valence-corrected chi connectivity index (χ2v) is 7.37. The molecule has 2 heterocycles. The SMILES string of the molecule is O=[S@@](C[C@H]1CCCNC1)c1nc2ccccc2s1. The number of fused-ring (bicyclic) bond motifs is 1. The van der Waals surface area contributed by atoms with E-state index < -0.39 is 10.8 Å². The third-order valence-corrected chi connectivity index (χ3v) is 6.15. The Morgan fingerprint density at radius 3 is 3.11 bits per heavy atom. The monoisotopic (exact) mass is 280 g/mol. The van der Waals surface area contributed by atoms with E-state index in [1.54, 1.807) is 11.3 Å². The molecule has 0 radical (unpaired) electrons. The lowest BCUT2D eigenvalue weighted by Crippen LogP contribution is -2.32. The molecule has 0 saturated carbocycles. The number of hydrogen-bond donors (Lipinski definition) is 1. The highest BCUT2D eigenvalue weighted by atomic mass is 32.2. The van der Waals surface area contributed by atoms with Crippen molar-refractivity contribution in [3.05, 3.63) is 24.3 Å². The van der Waals surface area contributed by atoms with Crippen molar-refractivity contribution in [2.24, 2.45) is 5.92 Å². The molecule has 0 unspecified atom stereocenters. The van der Waals surface area contributed by atoms with Crippen molar-refractivity contribution in [1.82, 2.24) is 10.3 Å².